The Morgan fingerprint density at radius 1 is 0.500 bits per heavy atom. The quantitative estimate of drug-likeness (QED) is 0.0770. The Bertz CT molecular complexity index is 3280. The predicted molar refractivity (Wildman–Crippen MR) is 255 cm³/mol. The van der Waals surface area contributed by atoms with Gasteiger partial charge < -0.3 is 0 Å². The fourth-order valence-electron chi connectivity index (χ4n) is 5.46. The lowest BCUT2D eigenvalue weighted by atomic mass is 10.1. The number of halogens is 5. The van der Waals surface area contributed by atoms with E-state index in [0.717, 1.165) is 23.0 Å². The van der Waals surface area contributed by atoms with Crippen LogP contribution in [0.25, 0.3) is 11.1 Å². The van der Waals surface area contributed by atoms with Crippen LogP contribution in [0.1, 0.15) is 5.56 Å². The molecule has 0 unspecified atom stereocenters. The van der Waals surface area contributed by atoms with Crippen LogP contribution in [0.2, 0.25) is 20.1 Å². The number of hydrogen-bond acceptors (Lipinski definition) is 10. The lowest BCUT2D eigenvalue weighted by molar-refractivity contribution is 0.569. The van der Waals surface area contributed by atoms with Crippen molar-refractivity contribution < 1.29 is 38.1 Å². The van der Waals surface area contributed by atoms with Gasteiger partial charge in [-0.2, -0.15) is 0 Å². The summed E-state index contributed by atoms with van der Waals surface area (Å²) in [7, 11) is -16.3. The van der Waals surface area contributed by atoms with Crippen LogP contribution in [0.3, 0.4) is 0 Å². The van der Waals surface area contributed by atoms with Gasteiger partial charge in [0.05, 0.1) is 46.9 Å². The van der Waals surface area contributed by atoms with Gasteiger partial charge in [0.15, 0.2) is 0 Å². The summed E-state index contributed by atoms with van der Waals surface area (Å²) in [5.41, 5.74) is 1.92. The highest BCUT2D eigenvalue weighted by atomic mass is 35.5. The third-order valence-corrected chi connectivity index (χ3v) is 18.1. The van der Waals surface area contributed by atoms with Crippen molar-refractivity contribution in [3.63, 3.8) is 0 Å². The molecule has 7 rings (SSSR count). The highest BCUT2D eigenvalue weighted by molar-refractivity contribution is 8.09. The molecule has 334 valence electrons. The predicted octanol–water partition coefficient (Wildman–Crippen LogP) is 11.6. The molecule has 12 nitrogen and oxygen atoms in total. The van der Waals surface area contributed by atoms with Gasteiger partial charge in [0.1, 0.15) is 14.9 Å². The van der Waals surface area contributed by atoms with Crippen LogP contribution >= 0.6 is 69.7 Å². The van der Waals surface area contributed by atoms with E-state index in [0.29, 0.717) is 23.1 Å². The molecule has 23 heteroatoms. The van der Waals surface area contributed by atoms with E-state index in [2.05, 4.69) is 18.3 Å². The van der Waals surface area contributed by atoms with E-state index < -0.39 is 50.8 Å². The Morgan fingerprint density at radius 2 is 1.03 bits per heavy atom. The van der Waals surface area contributed by atoms with Gasteiger partial charge in [0.2, 0.25) is 10.0 Å². The normalized spacial score (nSPS) is 11.9. The average molecular weight is 1060 g/mol. The Balaban J connectivity index is 0.000000213. The fraction of sp³-hybridized carbons (Fsp3) is 0.0244. The summed E-state index contributed by atoms with van der Waals surface area (Å²) in [5.74, 6) is -0.933. The SMILES string of the molecule is Cc1ccc(F)c(S(=O)(=O)Nc2cc(Cl)c(Cl)cc2SNS(=O)(=O)c2ccccc2)c1.O=S(=O)(Nc1cc(Cl)c(Cl)cc1NS(=O)(=O)c1cccs1)c1cccc(-c2ccccc2)c1. The number of sulfonamides is 4. The molecule has 0 atom stereocenters. The minimum absolute atomic E-state index is 0.00184. The van der Waals surface area contributed by atoms with Gasteiger partial charge in [-0.1, -0.05) is 119 Å². The molecule has 0 aliphatic heterocycles. The largest absolute Gasteiger partial charge is 0.278 e. The van der Waals surface area contributed by atoms with Crippen LogP contribution in [-0.4, -0.2) is 33.7 Å². The topological polar surface area (TPSA) is 185 Å². The standard InChI is InChI=1S/C22H16Cl2N2O4S3.C19H15Cl2FN2O4S3/c23-18-13-20(21(14-19(18)24)26-33(29,30)22-10-5-11-31-22)25-32(27,28)17-9-4-8-16(12-17)15-6-2-1-3-7-15;1-12-7-8-16(22)19(9-12)31(27,28)23-17-10-14(20)15(21)11-18(17)29-24-30(25,26)13-5-3-2-4-6-13/h1-14,25-26H;2-11,23-24H,1H3. The number of nitrogens with one attached hydrogen (secondary N) is 4. The summed E-state index contributed by atoms with van der Waals surface area (Å²) >= 11 is 25.8. The van der Waals surface area contributed by atoms with Gasteiger partial charge >= 0.3 is 0 Å². The molecule has 1 heterocycles. The lowest BCUT2D eigenvalue weighted by Crippen LogP contribution is -2.18. The molecular formula is C41H31Cl4FN4O8S6. The van der Waals surface area contributed by atoms with Crippen LogP contribution in [0.4, 0.5) is 21.5 Å². The van der Waals surface area contributed by atoms with Crippen molar-refractivity contribution in [2.75, 3.05) is 14.2 Å². The van der Waals surface area contributed by atoms with Crippen molar-refractivity contribution in [3.05, 3.63) is 176 Å². The molecule has 0 bridgehead atoms. The number of thiophene rings is 1. The summed E-state index contributed by atoms with van der Waals surface area (Å²) < 4.78 is 126. The summed E-state index contributed by atoms with van der Waals surface area (Å²) in [6.07, 6.45) is 0. The molecule has 4 N–H and O–H groups in total. The molecule has 0 amide bonds. The number of anilines is 3. The summed E-state index contributed by atoms with van der Waals surface area (Å²) in [6, 6.07) is 35.1. The van der Waals surface area contributed by atoms with Crippen molar-refractivity contribution in [2.45, 2.75) is 30.7 Å². The maximum absolute atomic E-state index is 14.1. The Kier molecular flexibility index (Phi) is 15.7. The van der Waals surface area contributed by atoms with Crippen molar-refractivity contribution in [1.82, 2.24) is 4.13 Å². The maximum atomic E-state index is 14.1. The van der Waals surface area contributed by atoms with Gasteiger partial charge in [0, 0.05) is 4.90 Å². The zero-order valence-electron chi connectivity index (χ0n) is 32.5. The molecule has 0 saturated carbocycles. The molecule has 6 aromatic carbocycles. The van der Waals surface area contributed by atoms with Crippen molar-refractivity contribution in [1.29, 1.82) is 0 Å². The maximum Gasteiger partial charge on any atom is 0.271 e. The van der Waals surface area contributed by atoms with Crippen molar-refractivity contribution in [3.8, 4) is 11.1 Å². The van der Waals surface area contributed by atoms with Crippen LogP contribution in [0.5, 0.6) is 0 Å². The zero-order valence-corrected chi connectivity index (χ0v) is 40.4. The first kappa shape index (κ1) is 49.1. The van der Waals surface area contributed by atoms with Crippen LogP contribution < -0.4 is 18.3 Å². The molecule has 0 radical (unpaired) electrons. The van der Waals surface area contributed by atoms with Gasteiger partial charge in [-0.15, -0.1) is 15.5 Å². The van der Waals surface area contributed by atoms with E-state index in [1.807, 2.05) is 30.3 Å². The zero-order chi connectivity index (χ0) is 46.5. The Morgan fingerprint density at radius 3 is 1.64 bits per heavy atom. The second kappa shape index (κ2) is 20.4. The number of rotatable bonds is 14. The van der Waals surface area contributed by atoms with E-state index in [1.54, 1.807) is 48.7 Å². The highest BCUT2D eigenvalue weighted by Crippen LogP contribution is 2.38. The van der Waals surface area contributed by atoms with E-state index >= 15 is 0 Å². The summed E-state index contributed by atoms with van der Waals surface area (Å²) in [5, 5.41) is 1.85. The molecule has 0 spiro atoms. The third-order valence-electron chi connectivity index (χ3n) is 8.52. The Hall–Kier alpha value is -4.38. The summed E-state index contributed by atoms with van der Waals surface area (Å²) in [6.45, 7) is 1.62. The molecule has 0 aliphatic carbocycles. The van der Waals surface area contributed by atoms with Crippen LogP contribution in [0, 0.1) is 12.7 Å². The minimum Gasteiger partial charge on any atom is -0.278 e. The van der Waals surface area contributed by atoms with Crippen molar-refractivity contribution in [2.24, 2.45) is 0 Å². The first-order valence-corrected chi connectivity index (χ1v) is 27.0. The molecule has 7 aromatic rings. The van der Waals surface area contributed by atoms with Crippen LogP contribution in [0.15, 0.2) is 169 Å². The van der Waals surface area contributed by atoms with E-state index in [1.165, 1.54) is 66.7 Å². The number of benzene rings is 6. The minimum atomic E-state index is -4.34. The van der Waals surface area contributed by atoms with Gasteiger partial charge in [0.25, 0.3) is 30.1 Å². The second-order valence-electron chi connectivity index (χ2n) is 13.2. The summed E-state index contributed by atoms with van der Waals surface area (Å²) in [4.78, 5) is -0.418. The molecule has 64 heavy (non-hydrogen) atoms. The van der Waals surface area contributed by atoms with Gasteiger partial charge in [-0.25, -0.2) is 38.1 Å². The average Bonchev–Trinajstić information content (AvgIpc) is 3.82. The first-order chi connectivity index (χ1) is 30.1. The Labute approximate surface area is 398 Å². The molecule has 1 aromatic heterocycles. The molecule has 0 saturated heterocycles. The van der Waals surface area contributed by atoms with Gasteiger partial charge in [-0.3, -0.25) is 14.2 Å². The number of hydrogen-bond donors (Lipinski definition) is 4. The van der Waals surface area contributed by atoms with Crippen LogP contribution in [-0.2, 0) is 40.1 Å². The van der Waals surface area contributed by atoms with Crippen molar-refractivity contribution >= 4 is 127 Å². The smallest absolute Gasteiger partial charge is 0.271 e. The van der Waals surface area contributed by atoms with E-state index in [9.17, 15) is 38.1 Å². The van der Waals surface area contributed by atoms with Gasteiger partial charge in [-0.05, 0) is 108 Å². The first-order valence-electron chi connectivity index (χ1n) is 17.9. The molecule has 0 fully saturated rings. The number of aryl methyl sites for hydroxylation is 1. The molecule has 0 aliphatic rings. The van der Waals surface area contributed by atoms with E-state index in [-0.39, 0.29) is 56.0 Å². The fourth-order valence-corrected chi connectivity index (χ4v) is 12.8. The molecular weight excluding hydrogens is 1030 g/mol. The van der Waals surface area contributed by atoms with E-state index in [4.69, 9.17) is 46.4 Å². The lowest BCUT2D eigenvalue weighted by Gasteiger charge is -2.16. The highest BCUT2D eigenvalue weighted by Gasteiger charge is 2.25. The monoisotopic (exact) mass is 1060 g/mol. The second-order valence-corrected chi connectivity index (χ2v) is 23.8. The third kappa shape index (κ3) is 12.3.